The summed E-state index contributed by atoms with van der Waals surface area (Å²) in [7, 11) is 0. The number of amides is 3. The van der Waals surface area contributed by atoms with E-state index in [0.717, 1.165) is 12.1 Å². The molecule has 2 aromatic rings. The van der Waals surface area contributed by atoms with Gasteiger partial charge in [0.05, 0.1) is 0 Å². The van der Waals surface area contributed by atoms with Gasteiger partial charge < -0.3 is 5.32 Å². The van der Waals surface area contributed by atoms with Gasteiger partial charge in [0, 0.05) is 32.1 Å². The predicted octanol–water partition coefficient (Wildman–Crippen LogP) is 3.38. The molecular formula is C22H27N3O2. The number of urea groups is 1. The molecule has 3 rings (SSSR count). The van der Waals surface area contributed by atoms with E-state index in [1.807, 2.05) is 30.3 Å². The maximum atomic E-state index is 12.1. The molecule has 142 valence electrons. The van der Waals surface area contributed by atoms with Crippen LogP contribution in [0, 0.1) is 6.92 Å². The minimum atomic E-state index is -0.444. The molecule has 1 fully saturated rings. The summed E-state index contributed by atoms with van der Waals surface area (Å²) >= 11 is 0. The second-order valence-electron chi connectivity index (χ2n) is 7.15. The highest BCUT2D eigenvalue weighted by molar-refractivity contribution is 5.94. The Morgan fingerprint density at radius 3 is 2.37 bits per heavy atom. The molecule has 0 radical (unpaired) electrons. The lowest BCUT2D eigenvalue weighted by Gasteiger charge is -2.21. The Bertz CT molecular complexity index is 755. The van der Waals surface area contributed by atoms with Crippen molar-refractivity contribution in [1.29, 1.82) is 0 Å². The number of hydrogen-bond acceptors (Lipinski definition) is 3. The van der Waals surface area contributed by atoms with Crippen molar-refractivity contribution in [1.82, 2.24) is 15.5 Å². The fraction of sp³-hybridized carbons (Fsp3) is 0.364. The van der Waals surface area contributed by atoms with E-state index in [9.17, 15) is 9.59 Å². The molecule has 1 aliphatic carbocycles. The molecule has 1 saturated carbocycles. The summed E-state index contributed by atoms with van der Waals surface area (Å²) in [6.45, 7) is 3.99. The molecule has 0 aromatic heterocycles. The zero-order valence-electron chi connectivity index (χ0n) is 15.8. The maximum Gasteiger partial charge on any atom is 0.321 e. The molecule has 5 heteroatoms. The van der Waals surface area contributed by atoms with E-state index in [2.05, 4.69) is 46.7 Å². The van der Waals surface area contributed by atoms with Crippen molar-refractivity contribution in [2.24, 2.45) is 0 Å². The van der Waals surface area contributed by atoms with Crippen molar-refractivity contribution in [3.63, 3.8) is 0 Å². The fourth-order valence-corrected chi connectivity index (χ4v) is 3.02. The largest absolute Gasteiger partial charge is 0.334 e. The van der Waals surface area contributed by atoms with Gasteiger partial charge in [-0.15, -0.1) is 0 Å². The van der Waals surface area contributed by atoms with Gasteiger partial charge in [0.15, 0.2) is 0 Å². The van der Waals surface area contributed by atoms with Crippen molar-refractivity contribution >= 4 is 11.9 Å². The average molecular weight is 365 g/mol. The topological polar surface area (TPSA) is 61.4 Å². The lowest BCUT2D eigenvalue weighted by molar-refractivity contribution is -0.120. The summed E-state index contributed by atoms with van der Waals surface area (Å²) < 4.78 is 0. The first-order chi connectivity index (χ1) is 13.1. The molecule has 0 atom stereocenters. The molecule has 27 heavy (non-hydrogen) atoms. The summed E-state index contributed by atoms with van der Waals surface area (Å²) in [5.74, 6) is -0.241. The van der Waals surface area contributed by atoms with Crippen LogP contribution in [0.25, 0.3) is 0 Å². The van der Waals surface area contributed by atoms with E-state index < -0.39 is 6.03 Å². The average Bonchev–Trinajstić information content (AvgIpc) is 3.51. The van der Waals surface area contributed by atoms with E-state index in [-0.39, 0.29) is 5.91 Å². The highest BCUT2D eigenvalue weighted by Crippen LogP contribution is 2.28. The Morgan fingerprint density at radius 1 is 1.00 bits per heavy atom. The lowest BCUT2D eigenvalue weighted by atomic mass is 10.1. The Kier molecular flexibility index (Phi) is 6.60. The van der Waals surface area contributed by atoms with Crippen molar-refractivity contribution in [3.05, 3.63) is 71.3 Å². The molecule has 0 bridgehead atoms. The SMILES string of the molecule is Cc1ccc(CN(CCC(=O)NC(=O)NCc2ccccc2)C2CC2)cc1. The predicted molar refractivity (Wildman–Crippen MR) is 106 cm³/mol. The number of hydrogen-bond donors (Lipinski definition) is 2. The number of carbonyl (C=O) groups excluding carboxylic acids is 2. The van der Waals surface area contributed by atoms with Gasteiger partial charge in [-0.05, 0) is 30.9 Å². The molecular weight excluding hydrogens is 338 g/mol. The summed E-state index contributed by atoms with van der Waals surface area (Å²) in [5.41, 5.74) is 3.50. The van der Waals surface area contributed by atoms with Crippen LogP contribution in [0.3, 0.4) is 0 Å². The van der Waals surface area contributed by atoms with Crippen molar-refractivity contribution < 1.29 is 9.59 Å². The van der Waals surface area contributed by atoms with Crippen molar-refractivity contribution in [3.8, 4) is 0 Å². The Morgan fingerprint density at radius 2 is 1.70 bits per heavy atom. The Labute approximate surface area is 160 Å². The summed E-state index contributed by atoms with van der Waals surface area (Å²) in [4.78, 5) is 26.3. The zero-order valence-corrected chi connectivity index (χ0v) is 15.8. The number of nitrogens with zero attached hydrogens (tertiary/aromatic N) is 1. The van der Waals surface area contributed by atoms with Crippen LogP contribution in [0.1, 0.15) is 36.0 Å². The molecule has 2 N–H and O–H groups in total. The number of nitrogens with one attached hydrogen (secondary N) is 2. The van der Waals surface area contributed by atoms with E-state index in [1.54, 1.807) is 0 Å². The first-order valence-corrected chi connectivity index (χ1v) is 9.51. The zero-order chi connectivity index (χ0) is 19.1. The van der Waals surface area contributed by atoms with E-state index >= 15 is 0 Å². The minimum absolute atomic E-state index is 0.241. The molecule has 0 spiro atoms. The minimum Gasteiger partial charge on any atom is -0.334 e. The third-order valence-electron chi connectivity index (χ3n) is 4.74. The first-order valence-electron chi connectivity index (χ1n) is 9.51. The van der Waals surface area contributed by atoms with Gasteiger partial charge in [0.2, 0.25) is 5.91 Å². The quantitative estimate of drug-likeness (QED) is 0.754. The number of rotatable bonds is 8. The van der Waals surface area contributed by atoms with Crippen molar-refractivity contribution in [2.45, 2.75) is 45.3 Å². The number of aryl methyl sites for hydroxylation is 1. The van der Waals surface area contributed by atoms with Gasteiger partial charge in [0.25, 0.3) is 0 Å². The highest BCUT2D eigenvalue weighted by atomic mass is 16.2. The number of carbonyl (C=O) groups is 2. The van der Waals surface area contributed by atoms with E-state index in [4.69, 9.17) is 0 Å². The van der Waals surface area contributed by atoms with Crippen LogP contribution in [0.5, 0.6) is 0 Å². The van der Waals surface area contributed by atoms with Gasteiger partial charge in [0.1, 0.15) is 0 Å². The van der Waals surface area contributed by atoms with Crippen LogP contribution in [0.2, 0.25) is 0 Å². The molecule has 0 saturated heterocycles. The summed E-state index contributed by atoms with van der Waals surface area (Å²) in [5, 5.41) is 5.13. The second kappa shape index (κ2) is 9.33. The second-order valence-corrected chi connectivity index (χ2v) is 7.15. The van der Waals surface area contributed by atoms with Gasteiger partial charge in [-0.3, -0.25) is 15.0 Å². The van der Waals surface area contributed by atoms with Crippen LogP contribution in [-0.4, -0.2) is 29.4 Å². The van der Waals surface area contributed by atoms with Crippen LogP contribution in [0.4, 0.5) is 4.79 Å². The summed E-state index contributed by atoms with van der Waals surface area (Å²) in [6.07, 6.45) is 2.69. The monoisotopic (exact) mass is 365 g/mol. The van der Waals surface area contributed by atoms with Crippen molar-refractivity contribution in [2.75, 3.05) is 6.54 Å². The molecule has 0 heterocycles. The van der Waals surface area contributed by atoms with Crippen LogP contribution >= 0.6 is 0 Å². The molecule has 5 nitrogen and oxygen atoms in total. The van der Waals surface area contributed by atoms with E-state index in [1.165, 1.54) is 24.0 Å². The normalized spacial score (nSPS) is 13.4. The Balaban J connectivity index is 1.41. The molecule has 0 unspecified atom stereocenters. The highest BCUT2D eigenvalue weighted by Gasteiger charge is 2.29. The van der Waals surface area contributed by atoms with Gasteiger partial charge in [-0.25, -0.2) is 4.79 Å². The van der Waals surface area contributed by atoms with Crippen LogP contribution in [0.15, 0.2) is 54.6 Å². The number of benzene rings is 2. The third kappa shape index (κ3) is 6.53. The Hall–Kier alpha value is -2.66. The van der Waals surface area contributed by atoms with Gasteiger partial charge in [-0.2, -0.15) is 0 Å². The maximum absolute atomic E-state index is 12.1. The molecule has 1 aliphatic rings. The molecule has 0 aliphatic heterocycles. The number of imide groups is 1. The third-order valence-corrected chi connectivity index (χ3v) is 4.74. The lowest BCUT2D eigenvalue weighted by Crippen LogP contribution is -2.40. The summed E-state index contributed by atoms with van der Waals surface area (Å²) in [6, 6.07) is 18.3. The van der Waals surface area contributed by atoms with E-state index in [0.29, 0.717) is 25.6 Å². The fourth-order valence-electron chi connectivity index (χ4n) is 3.02. The smallest absolute Gasteiger partial charge is 0.321 e. The van der Waals surface area contributed by atoms with Gasteiger partial charge >= 0.3 is 6.03 Å². The molecule has 3 amide bonds. The molecule has 2 aromatic carbocycles. The van der Waals surface area contributed by atoms with Crippen LogP contribution < -0.4 is 10.6 Å². The first kappa shape index (κ1) is 19.1. The standard InChI is InChI=1S/C22H27N3O2/c1-17-7-9-19(10-8-17)16-25(20-11-12-20)14-13-21(26)24-22(27)23-15-18-5-3-2-4-6-18/h2-10,20H,11-16H2,1H3,(H2,23,24,26,27). The van der Waals surface area contributed by atoms with Gasteiger partial charge in [-0.1, -0.05) is 60.2 Å². The van der Waals surface area contributed by atoms with Crippen LogP contribution in [-0.2, 0) is 17.9 Å².